The quantitative estimate of drug-likeness (QED) is 0.827. The molecule has 0 aromatic carbocycles. The first-order valence-corrected chi connectivity index (χ1v) is 6.93. The molecule has 0 aliphatic carbocycles. The molecule has 0 bridgehead atoms. The van der Waals surface area contributed by atoms with Gasteiger partial charge in [-0.15, -0.1) is 0 Å². The lowest BCUT2D eigenvalue weighted by molar-refractivity contribution is -0.125. The monoisotopic (exact) mass is 270 g/mol. The number of likely N-dealkylation sites (tertiary alicyclic amines) is 1. The molecule has 1 N–H and O–H groups in total. The molecule has 2 saturated heterocycles. The fourth-order valence-corrected chi connectivity index (χ4v) is 2.45. The maximum Gasteiger partial charge on any atom is 0.410 e. The first-order chi connectivity index (χ1) is 9.08. The van der Waals surface area contributed by atoms with Gasteiger partial charge < -0.3 is 14.8 Å². The Morgan fingerprint density at radius 2 is 2.16 bits per heavy atom. The van der Waals surface area contributed by atoms with Gasteiger partial charge in [0.25, 0.3) is 0 Å². The van der Waals surface area contributed by atoms with Gasteiger partial charge in [-0.25, -0.2) is 4.79 Å². The second-order valence-corrected chi connectivity index (χ2v) is 5.38. The zero-order valence-corrected chi connectivity index (χ0v) is 11.6. The van der Waals surface area contributed by atoms with Crippen molar-refractivity contribution in [3.63, 3.8) is 0 Å². The van der Waals surface area contributed by atoms with Crippen LogP contribution in [0.1, 0.15) is 33.1 Å². The number of nitrogens with zero attached hydrogens (tertiary/aromatic N) is 1. The molecular formula is C13H22N2O4. The van der Waals surface area contributed by atoms with Crippen molar-refractivity contribution in [2.24, 2.45) is 0 Å². The molecule has 2 unspecified atom stereocenters. The number of rotatable bonds is 3. The van der Waals surface area contributed by atoms with E-state index in [1.807, 2.05) is 13.8 Å². The molecule has 0 radical (unpaired) electrons. The molecule has 6 nitrogen and oxygen atoms in total. The van der Waals surface area contributed by atoms with Crippen molar-refractivity contribution in [2.75, 3.05) is 19.8 Å². The van der Waals surface area contributed by atoms with Crippen molar-refractivity contribution in [1.29, 1.82) is 0 Å². The standard InChI is InChI=1S/C13H22N2O4/c1-9(2)14-12(16)11-4-3-6-15(11)13(17)19-10-5-7-18-8-10/h9-11H,3-8H2,1-2H3,(H,14,16). The molecule has 2 amide bonds. The van der Waals surface area contributed by atoms with Gasteiger partial charge in [0.05, 0.1) is 13.2 Å². The van der Waals surface area contributed by atoms with Gasteiger partial charge in [0.2, 0.25) is 5.91 Å². The summed E-state index contributed by atoms with van der Waals surface area (Å²) in [5.41, 5.74) is 0. The van der Waals surface area contributed by atoms with E-state index >= 15 is 0 Å². The number of hydrogen-bond acceptors (Lipinski definition) is 4. The van der Waals surface area contributed by atoms with Gasteiger partial charge in [-0.05, 0) is 26.7 Å². The molecule has 2 atom stereocenters. The maximum absolute atomic E-state index is 12.1. The van der Waals surface area contributed by atoms with E-state index < -0.39 is 12.1 Å². The summed E-state index contributed by atoms with van der Waals surface area (Å²) < 4.78 is 10.5. The van der Waals surface area contributed by atoms with Crippen molar-refractivity contribution in [3.8, 4) is 0 Å². The number of hydrogen-bond donors (Lipinski definition) is 1. The summed E-state index contributed by atoms with van der Waals surface area (Å²) in [6.07, 6.45) is 1.72. The second-order valence-electron chi connectivity index (χ2n) is 5.38. The van der Waals surface area contributed by atoms with Crippen LogP contribution in [0, 0.1) is 0 Å². The number of amides is 2. The van der Waals surface area contributed by atoms with Crippen molar-refractivity contribution < 1.29 is 19.1 Å². The van der Waals surface area contributed by atoms with E-state index in [-0.39, 0.29) is 18.1 Å². The Morgan fingerprint density at radius 1 is 1.37 bits per heavy atom. The number of carbonyl (C=O) groups is 2. The van der Waals surface area contributed by atoms with Crippen LogP contribution in [0.4, 0.5) is 4.79 Å². The third kappa shape index (κ3) is 3.59. The normalized spacial score (nSPS) is 26.8. The molecular weight excluding hydrogens is 248 g/mol. The average molecular weight is 270 g/mol. The highest BCUT2D eigenvalue weighted by molar-refractivity contribution is 5.86. The molecule has 2 fully saturated rings. The zero-order chi connectivity index (χ0) is 13.8. The minimum absolute atomic E-state index is 0.0780. The highest BCUT2D eigenvalue weighted by Gasteiger charge is 2.36. The number of nitrogens with one attached hydrogen (secondary N) is 1. The Balaban J connectivity index is 1.89. The van der Waals surface area contributed by atoms with Gasteiger partial charge in [0.1, 0.15) is 12.1 Å². The summed E-state index contributed by atoms with van der Waals surface area (Å²) in [6, 6.07) is -0.313. The van der Waals surface area contributed by atoms with E-state index in [1.165, 1.54) is 4.90 Å². The predicted molar refractivity (Wildman–Crippen MR) is 68.7 cm³/mol. The summed E-state index contributed by atoms with van der Waals surface area (Å²) in [6.45, 7) is 5.50. The predicted octanol–water partition coefficient (Wildman–Crippen LogP) is 0.901. The van der Waals surface area contributed by atoms with E-state index in [4.69, 9.17) is 9.47 Å². The molecule has 0 spiro atoms. The van der Waals surface area contributed by atoms with Crippen molar-refractivity contribution in [3.05, 3.63) is 0 Å². The molecule has 0 aromatic heterocycles. The Kier molecular flexibility index (Phi) is 4.63. The average Bonchev–Trinajstić information content (AvgIpc) is 2.97. The van der Waals surface area contributed by atoms with Crippen molar-refractivity contribution in [1.82, 2.24) is 10.2 Å². The summed E-state index contributed by atoms with van der Waals surface area (Å²) in [5, 5.41) is 2.85. The molecule has 108 valence electrons. The van der Waals surface area contributed by atoms with Gasteiger partial charge >= 0.3 is 6.09 Å². The molecule has 2 rings (SSSR count). The maximum atomic E-state index is 12.1. The first kappa shape index (κ1) is 14.1. The second kappa shape index (κ2) is 6.23. The molecule has 6 heteroatoms. The Labute approximate surface area is 113 Å². The van der Waals surface area contributed by atoms with Gasteiger partial charge in [0.15, 0.2) is 0 Å². The van der Waals surface area contributed by atoms with E-state index in [0.717, 1.165) is 12.8 Å². The Hall–Kier alpha value is -1.30. The lowest BCUT2D eigenvalue weighted by Gasteiger charge is -2.25. The van der Waals surface area contributed by atoms with Crippen molar-refractivity contribution >= 4 is 12.0 Å². The fourth-order valence-electron chi connectivity index (χ4n) is 2.45. The molecule has 2 aliphatic rings. The number of carbonyl (C=O) groups excluding carboxylic acids is 2. The largest absolute Gasteiger partial charge is 0.444 e. The van der Waals surface area contributed by atoms with Crippen LogP contribution in [-0.4, -0.2) is 54.8 Å². The molecule has 2 aliphatic heterocycles. The van der Waals surface area contributed by atoms with E-state index in [0.29, 0.717) is 26.2 Å². The van der Waals surface area contributed by atoms with Gasteiger partial charge in [0, 0.05) is 19.0 Å². The summed E-state index contributed by atoms with van der Waals surface area (Å²) in [4.78, 5) is 25.6. The lowest BCUT2D eigenvalue weighted by atomic mass is 10.2. The minimum Gasteiger partial charge on any atom is -0.444 e. The van der Waals surface area contributed by atoms with Gasteiger partial charge in [-0.2, -0.15) is 0 Å². The fraction of sp³-hybridized carbons (Fsp3) is 0.846. The van der Waals surface area contributed by atoms with Crippen LogP contribution < -0.4 is 5.32 Å². The smallest absolute Gasteiger partial charge is 0.410 e. The molecule has 0 aromatic rings. The third-order valence-corrected chi connectivity index (χ3v) is 3.38. The van der Waals surface area contributed by atoms with Crippen molar-refractivity contribution in [2.45, 2.75) is 51.3 Å². The van der Waals surface area contributed by atoms with Crippen LogP contribution >= 0.6 is 0 Å². The minimum atomic E-state index is -0.392. The third-order valence-electron chi connectivity index (χ3n) is 3.38. The van der Waals surface area contributed by atoms with Crippen LogP contribution in [0.2, 0.25) is 0 Å². The van der Waals surface area contributed by atoms with Crippen LogP contribution in [0.3, 0.4) is 0 Å². The summed E-state index contributed by atoms with van der Waals surface area (Å²) >= 11 is 0. The molecule has 2 heterocycles. The topological polar surface area (TPSA) is 67.9 Å². The van der Waals surface area contributed by atoms with Gasteiger partial charge in [-0.1, -0.05) is 0 Å². The van der Waals surface area contributed by atoms with Crippen LogP contribution in [0.15, 0.2) is 0 Å². The van der Waals surface area contributed by atoms with Crippen LogP contribution in [-0.2, 0) is 14.3 Å². The zero-order valence-electron chi connectivity index (χ0n) is 11.6. The Bertz CT molecular complexity index is 340. The summed E-state index contributed by atoms with van der Waals surface area (Å²) in [7, 11) is 0. The SMILES string of the molecule is CC(C)NC(=O)C1CCCN1C(=O)OC1CCOC1. The highest BCUT2D eigenvalue weighted by Crippen LogP contribution is 2.20. The highest BCUT2D eigenvalue weighted by atomic mass is 16.6. The van der Waals surface area contributed by atoms with E-state index in [2.05, 4.69) is 5.32 Å². The number of ether oxygens (including phenoxy) is 2. The van der Waals surface area contributed by atoms with Crippen LogP contribution in [0.25, 0.3) is 0 Å². The van der Waals surface area contributed by atoms with Gasteiger partial charge in [-0.3, -0.25) is 9.69 Å². The summed E-state index contributed by atoms with van der Waals surface area (Å²) in [5.74, 6) is -0.0906. The van der Waals surface area contributed by atoms with E-state index in [1.54, 1.807) is 0 Å². The first-order valence-electron chi connectivity index (χ1n) is 6.93. The molecule has 19 heavy (non-hydrogen) atoms. The lowest BCUT2D eigenvalue weighted by Crippen LogP contribution is -2.48. The molecule has 0 saturated carbocycles. The Morgan fingerprint density at radius 3 is 2.79 bits per heavy atom. The van der Waals surface area contributed by atoms with Crippen LogP contribution in [0.5, 0.6) is 0 Å². The van der Waals surface area contributed by atoms with E-state index in [9.17, 15) is 9.59 Å².